The standard InChI is InChI=1S/C13H17N5O2/c1-9(8-18-7-3-6-15-18)16-12-10(14)4-5-11(17-12)13(19)20-2/h3-7,9H,8,14H2,1-2H3,(H,16,17). The van der Waals surface area contributed by atoms with E-state index in [0.29, 0.717) is 18.1 Å². The van der Waals surface area contributed by atoms with Crippen molar-refractivity contribution in [2.24, 2.45) is 0 Å². The van der Waals surface area contributed by atoms with Gasteiger partial charge in [-0.15, -0.1) is 0 Å². The lowest BCUT2D eigenvalue weighted by atomic mass is 10.3. The van der Waals surface area contributed by atoms with Crippen molar-refractivity contribution in [3.05, 3.63) is 36.3 Å². The molecule has 0 spiro atoms. The summed E-state index contributed by atoms with van der Waals surface area (Å²) in [6, 6.07) is 5.07. The molecule has 2 aromatic heterocycles. The molecule has 106 valence electrons. The van der Waals surface area contributed by atoms with E-state index in [1.807, 2.05) is 19.2 Å². The van der Waals surface area contributed by atoms with Crippen LogP contribution < -0.4 is 11.1 Å². The predicted octanol–water partition coefficient (Wildman–Crippen LogP) is 1.15. The molecule has 2 rings (SSSR count). The first-order valence-corrected chi connectivity index (χ1v) is 6.19. The Balaban J connectivity index is 2.09. The lowest BCUT2D eigenvalue weighted by Gasteiger charge is -2.16. The van der Waals surface area contributed by atoms with E-state index in [9.17, 15) is 4.79 Å². The number of anilines is 2. The number of nitrogens with one attached hydrogen (secondary N) is 1. The third kappa shape index (κ3) is 3.25. The minimum Gasteiger partial charge on any atom is -0.464 e. The van der Waals surface area contributed by atoms with Crippen LogP contribution in [0.5, 0.6) is 0 Å². The fourth-order valence-corrected chi connectivity index (χ4v) is 1.77. The summed E-state index contributed by atoms with van der Waals surface area (Å²) in [5.74, 6) is -0.0275. The molecule has 0 bridgehead atoms. The van der Waals surface area contributed by atoms with E-state index in [2.05, 4.69) is 20.1 Å². The van der Waals surface area contributed by atoms with Crippen molar-refractivity contribution in [2.75, 3.05) is 18.2 Å². The van der Waals surface area contributed by atoms with E-state index in [1.54, 1.807) is 16.9 Å². The largest absolute Gasteiger partial charge is 0.464 e. The van der Waals surface area contributed by atoms with Gasteiger partial charge >= 0.3 is 5.97 Å². The van der Waals surface area contributed by atoms with Crippen molar-refractivity contribution in [1.82, 2.24) is 14.8 Å². The van der Waals surface area contributed by atoms with Crippen molar-refractivity contribution in [3.8, 4) is 0 Å². The number of esters is 1. The Kier molecular flexibility index (Phi) is 4.19. The molecule has 0 aliphatic carbocycles. The maximum absolute atomic E-state index is 11.5. The summed E-state index contributed by atoms with van der Waals surface area (Å²) < 4.78 is 6.44. The van der Waals surface area contributed by atoms with Crippen molar-refractivity contribution in [1.29, 1.82) is 0 Å². The molecule has 0 saturated heterocycles. The van der Waals surface area contributed by atoms with Gasteiger partial charge in [-0.2, -0.15) is 5.10 Å². The van der Waals surface area contributed by atoms with Gasteiger partial charge in [0.05, 0.1) is 19.3 Å². The van der Waals surface area contributed by atoms with Gasteiger partial charge in [0.2, 0.25) is 0 Å². The average molecular weight is 275 g/mol. The monoisotopic (exact) mass is 275 g/mol. The predicted molar refractivity (Wildman–Crippen MR) is 75.3 cm³/mol. The first kappa shape index (κ1) is 13.9. The van der Waals surface area contributed by atoms with Crippen molar-refractivity contribution >= 4 is 17.5 Å². The summed E-state index contributed by atoms with van der Waals surface area (Å²) in [5.41, 5.74) is 6.55. The normalized spacial score (nSPS) is 11.9. The second kappa shape index (κ2) is 6.05. The first-order chi connectivity index (χ1) is 9.60. The zero-order valence-corrected chi connectivity index (χ0v) is 11.4. The molecule has 1 unspecified atom stereocenters. The maximum atomic E-state index is 11.5. The van der Waals surface area contributed by atoms with Gasteiger partial charge in [-0.1, -0.05) is 0 Å². The van der Waals surface area contributed by atoms with E-state index in [4.69, 9.17) is 5.73 Å². The molecule has 0 fully saturated rings. The SMILES string of the molecule is COC(=O)c1ccc(N)c(NC(C)Cn2cccn2)n1. The zero-order valence-electron chi connectivity index (χ0n) is 11.4. The number of nitrogens with two attached hydrogens (primary N) is 1. The van der Waals surface area contributed by atoms with E-state index in [-0.39, 0.29) is 11.7 Å². The number of rotatable bonds is 5. The van der Waals surface area contributed by atoms with Gasteiger partial charge in [-0.3, -0.25) is 4.68 Å². The maximum Gasteiger partial charge on any atom is 0.356 e. The molecule has 1 atom stereocenters. The van der Waals surface area contributed by atoms with Gasteiger partial charge in [0.1, 0.15) is 5.82 Å². The number of aromatic nitrogens is 3. The van der Waals surface area contributed by atoms with Crippen LogP contribution in [0.4, 0.5) is 11.5 Å². The number of methoxy groups -OCH3 is 1. The average Bonchev–Trinajstić information content (AvgIpc) is 2.93. The fraction of sp³-hybridized carbons (Fsp3) is 0.308. The molecule has 0 amide bonds. The van der Waals surface area contributed by atoms with Gasteiger partial charge in [-0.05, 0) is 25.1 Å². The highest BCUT2D eigenvalue weighted by Gasteiger charge is 2.12. The molecule has 0 saturated carbocycles. The van der Waals surface area contributed by atoms with Crippen LogP contribution in [0.3, 0.4) is 0 Å². The molecular weight excluding hydrogens is 258 g/mol. The zero-order chi connectivity index (χ0) is 14.5. The van der Waals surface area contributed by atoms with Gasteiger partial charge in [0, 0.05) is 18.4 Å². The van der Waals surface area contributed by atoms with Gasteiger partial charge in [0.25, 0.3) is 0 Å². The number of ether oxygens (including phenoxy) is 1. The highest BCUT2D eigenvalue weighted by molar-refractivity contribution is 5.88. The number of hydrogen-bond acceptors (Lipinski definition) is 6. The topological polar surface area (TPSA) is 95.1 Å². The molecule has 0 aliphatic rings. The summed E-state index contributed by atoms with van der Waals surface area (Å²) >= 11 is 0. The molecule has 2 heterocycles. The number of carbonyl (C=O) groups is 1. The van der Waals surface area contributed by atoms with E-state index in [0.717, 1.165) is 0 Å². The molecule has 0 aromatic carbocycles. The molecule has 2 aromatic rings. The van der Waals surface area contributed by atoms with Gasteiger partial charge in [0.15, 0.2) is 5.69 Å². The molecule has 0 aliphatic heterocycles. The van der Waals surface area contributed by atoms with Crippen LogP contribution >= 0.6 is 0 Å². The second-order valence-electron chi connectivity index (χ2n) is 4.40. The number of hydrogen-bond donors (Lipinski definition) is 2. The summed E-state index contributed by atoms with van der Waals surface area (Å²) in [5, 5.41) is 7.29. The van der Waals surface area contributed by atoms with E-state index in [1.165, 1.54) is 13.2 Å². The van der Waals surface area contributed by atoms with Crippen LogP contribution in [-0.2, 0) is 11.3 Å². The lowest BCUT2D eigenvalue weighted by molar-refractivity contribution is 0.0594. The van der Waals surface area contributed by atoms with Crippen LogP contribution in [0.15, 0.2) is 30.6 Å². The highest BCUT2D eigenvalue weighted by Crippen LogP contribution is 2.17. The molecule has 0 radical (unpaired) electrons. The van der Waals surface area contributed by atoms with E-state index >= 15 is 0 Å². The Morgan fingerprint density at radius 2 is 2.35 bits per heavy atom. The Labute approximate surface area is 116 Å². The molecule has 7 heteroatoms. The summed E-state index contributed by atoms with van der Waals surface area (Å²) in [7, 11) is 1.31. The smallest absolute Gasteiger partial charge is 0.356 e. The van der Waals surface area contributed by atoms with Crippen LogP contribution in [0, 0.1) is 0 Å². The summed E-state index contributed by atoms with van der Waals surface area (Å²) in [4.78, 5) is 15.6. The van der Waals surface area contributed by atoms with Gasteiger partial charge in [-0.25, -0.2) is 9.78 Å². The number of pyridine rings is 1. The molecular formula is C13H17N5O2. The Morgan fingerprint density at radius 3 is 3.00 bits per heavy atom. The van der Waals surface area contributed by atoms with Crippen molar-refractivity contribution in [2.45, 2.75) is 19.5 Å². The van der Waals surface area contributed by atoms with Crippen molar-refractivity contribution in [3.63, 3.8) is 0 Å². The number of nitrogens with zero attached hydrogens (tertiary/aromatic N) is 3. The minimum absolute atomic E-state index is 0.0533. The molecule has 7 nitrogen and oxygen atoms in total. The molecule has 20 heavy (non-hydrogen) atoms. The number of carbonyl (C=O) groups excluding carboxylic acids is 1. The van der Waals surface area contributed by atoms with Crippen LogP contribution in [0.25, 0.3) is 0 Å². The molecule has 3 N–H and O–H groups in total. The Hall–Kier alpha value is -2.57. The fourth-order valence-electron chi connectivity index (χ4n) is 1.77. The third-order valence-corrected chi connectivity index (χ3v) is 2.72. The second-order valence-corrected chi connectivity index (χ2v) is 4.40. The van der Waals surface area contributed by atoms with Crippen LogP contribution in [0.1, 0.15) is 17.4 Å². The summed E-state index contributed by atoms with van der Waals surface area (Å²) in [6.07, 6.45) is 3.59. The first-order valence-electron chi connectivity index (χ1n) is 6.19. The lowest BCUT2D eigenvalue weighted by Crippen LogP contribution is -2.24. The van der Waals surface area contributed by atoms with Crippen molar-refractivity contribution < 1.29 is 9.53 Å². The van der Waals surface area contributed by atoms with Gasteiger partial charge < -0.3 is 15.8 Å². The van der Waals surface area contributed by atoms with Crippen LogP contribution in [-0.4, -0.2) is 33.9 Å². The highest BCUT2D eigenvalue weighted by atomic mass is 16.5. The van der Waals surface area contributed by atoms with Crippen LogP contribution in [0.2, 0.25) is 0 Å². The van der Waals surface area contributed by atoms with E-state index < -0.39 is 5.97 Å². The third-order valence-electron chi connectivity index (χ3n) is 2.72. The number of nitrogen functional groups attached to an aromatic ring is 1. The Morgan fingerprint density at radius 1 is 1.55 bits per heavy atom. The Bertz CT molecular complexity index is 582. The quantitative estimate of drug-likeness (QED) is 0.795. The summed E-state index contributed by atoms with van der Waals surface area (Å²) in [6.45, 7) is 2.64. The minimum atomic E-state index is -0.493.